The van der Waals surface area contributed by atoms with Crippen molar-refractivity contribution in [2.24, 2.45) is 0 Å². The van der Waals surface area contributed by atoms with Gasteiger partial charge in [-0.15, -0.1) is 0 Å². The van der Waals surface area contributed by atoms with E-state index in [2.05, 4.69) is 32.9 Å². The van der Waals surface area contributed by atoms with Gasteiger partial charge >= 0.3 is 0 Å². The molecule has 108 valence electrons. The lowest BCUT2D eigenvalue weighted by molar-refractivity contribution is -0.125. The molecule has 2 rings (SSSR count). The molecule has 1 atom stereocenters. The van der Waals surface area contributed by atoms with E-state index in [-0.39, 0.29) is 17.4 Å². The maximum atomic E-state index is 11.9. The maximum absolute atomic E-state index is 11.9. The predicted octanol–water partition coefficient (Wildman–Crippen LogP) is 2.59. The van der Waals surface area contributed by atoms with Gasteiger partial charge in [-0.3, -0.25) is 4.79 Å². The van der Waals surface area contributed by atoms with Gasteiger partial charge in [0.2, 0.25) is 5.91 Å². The molecular formula is C17H23NO2. The molecule has 0 spiro atoms. The average Bonchev–Trinajstić information content (AvgIpc) is 2.82. The number of aliphatic hydroxyl groups is 1. The standard InChI is InChI=1S/C17H23NO2/c1-17(2,3)14-7-4-13(5-8-14)6-9-16(20)18-11-10-15(19)12-18/h4-9,15,19H,10-12H2,1-3H3/t15-/m1/s1. The van der Waals surface area contributed by atoms with E-state index in [1.807, 2.05) is 18.2 Å². The molecule has 0 aromatic heterocycles. The lowest BCUT2D eigenvalue weighted by atomic mass is 9.87. The van der Waals surface area contributed by atoms with Crippen LogP contribution in [0.5, 0.6) is 0 Å². The smallest absolute Gasteiger partial charge is 0.246 e. The van der Waals surface area contributed by atoms with Crippen molar-refractivity contribution in [3.8, 4) is 0 Å². The van der Waals surface area contributed by atoms with Crippen molar-refractivity contribution in [2.75, 3.05) is 13.1 Å². The van der Waals surface area contributed by atoms with Crippen LogP contribution in [0.1, 0.15) is 38.3 Å². The normalized spacial score (nSPS) is 19.8. The average molecular weight is 273 g/mol. The van der Waals surface area contributed by atoms with Gasteiger partial charge in [-0.1, -0.05) is 45.0 Å². The monoisotopic (exact) mass is 273 g/mol. The van der Waals surface area contributed by atoms with Crippen molar-refractivity contribution in [1.82, 2.24) is 4.90 Å². The van der Waals surface area contributed by atoms with Crippen LogP contribution in [-0.2, 0) is 10.2 Å². The van der Waals surface area contributed by atoms with Gasteiger partial charge in [-0.25, -0.2) is 0 Å². The summed E-state index contributed by atoms with van der Waals surface area (Å²) in [5.74, 6) is -0.0264. The SMILES string of the molecule is CC(C)(C)c1ccc(C=CC(=O)N2CC[C@@H](O)C2)cc1. The molecule has 0 bridgehead atoms. The molecule has 1 heterocycles. The molecule has 3 nitrogen and oxygen atoms in total. The van der Waals surface area contributed by atoms with Crippen molar-refractivity contribution in [1.29, 1.82) is 0 Å². The van der Waals surface area contributed by atoms with Crippen molar-refractivity contribution in [2.45, 2.75) is 38.7 Å². The summed E-state index contributed by atoms with van der Waals surface area (Å²) in [6, 6.07) is 8.26. The number of hydrogen-bond donors (Lipinski definition) is 1. The van der Waals surface area contributed by atoms with E-state index < -0.39 is 0 Å². The highest BCUT2D eigenvalue weighted by atomic mass is 16.3. The minimum Gasteiger partial charge on any atom is -0.391 e. The molecule has 1 saturated heterocycles. The Hall–Kier alpha value is -1.61. The molecule has 1 amide bonds. The molecular weight excluding hydrogens is 250 g/mol. The molecule has 1 N–H and O–H groups in total. The fourth-order valence-electron chi connectivity index (χ4n) is 2.31. The van der Waals surface area contributed by atoms with Gasteiger partial charge in [0.15, 0.2) is 0 Å². The van der Waals surface area contributed by atoms with Crippen LogP contribution in [0.4, 0.5) is 0 Å². The second-order valence-corrected chi connectivity index (χ2v) is 6.43. The van der Waals surface area contributed by atoms with Gasteiger partial charge in [0.25, 0.3) is 0 Å². The zero-order valence-corrected chi connectivity index (χ0v) is 12.5. The summed E-state index contributed by atoms with van der Waals surface area (Å²) in [5, 5.41) is 9.42. The molecule has 0 unspecified atom stereocenters. The third-order valence-electron chi connectivity index (χ3n) is 3.67. The first-order chi connectivity index (χ1) is 9.36. The minimum atomic E-state index is -0.363. The number of likely N-dealkylation sites (tertiary alicyclic amines) is 1. The van der Waals surface area contributed by atoms with Crippen LogP contribution < -0.4 is 0 Å². The zero-order chi connectivity index (χ0) is 14.8. The molecule has 20 heavy (non-hydrogen) atoms. The molecule has 1 fully saturated rings. The molecule has 3 heteroatoms. The first-order valence-electron chi connectivity index (χ1n) is 7.12. The number of benzene rings is 1. The number of amides is 1. The molecule has 0 aliphatic carbocycles. The number of rotatable bonds is 2. The third kappa shape index (κ3) is 3.70. The van der Waals surface area contributed by atoms with Crippen LogP contribution in [0.2, 0.25) is 0 Å². The Kier molecular flexibility index (Phi) is 4.29. The summed E-state index contributed by atoms with van der Waals surface area (Å²) in [6.07, 6.45) is 3.74. The summed E-state index contributed by atoms with van der Waals surface area (Å²) in [7, 11) is 0. The summed E-state index contributed by atoms with van der Waals surface area (Å²) < 4.78 is 0. The molecule has 0 radical (unpaired) electrons. The predicted molar refractivity (Wildman–Crippen MR) is 81.4 cm³/mol. The van der Waals surface area contributed by atoms with Crippen molar-refractivity contribution < 1.29 is 9.90 Å². The van der Waals surface area contributed by atoms with Crippen LogP contribution in [0.3, 0.4) is 0 Å². The van der Waals surface area contributed by atoms with Gasteiger partial charge in [0.1, 0.15) is 0 Å². The number of aliphatic hydroxyl groups excluding tert-OH is 1. The van der Waals surface area contributed by atoms with Gasteiger partial charge in [0, 0.05) is 19.2 Å². The van der Waals surface area contributed by atoms with E-state index in [9.17, 15) is 9.90 Å². The number of nitrogens with zero attached hydrogens (tertiary/aromatic N) is 1. The van der Waals surface area contributed by atoms with Crippen LogP contribution in [0.15, 0.2) is 30.3 Å². The van der Waals surface area contributed by atoms with Crippen LogP contribution >= 0.6 is 0 Å². The summed E-state index contributed by atoms with van der Waals surface area (Å²) in [4.78, 5) is 13.6. The maximum Gasteiger partial charge on any atom is 0.246 e. The largest absolute Gasteiger partial charge is 0.391 e. The Morgan fingerprint density at radius 3 is 2.45 bits per heavy atom. The molecule has 1 aromatic rings. The van der Waals surface area contributed by atoms with Crippen LogP contribution in [0, 0.1) is 0 Å². The highest BCUT2D eigenvalue weighted by molar-refractivity contribution is 5.92. The van der Waals surface area contributed by atoms with Crippen LogP contribution in [-0.4, -0.2) is 35.1 Å². The molecule has 0 saturated carbocycles. The molecule has 1 aromatic carbocycles. The van der Waals surface area contributed by atoms with E-state index in [1.165, 1.54) is 5.56 Å². The summed E-state index contributed by atoms with van der Waals surface area (Å²) in [6.45, 7) is 7.64. The lowest BCUT2D eigenvalue weighted by Crippen LogP contribution is -2.27. The van der Waals surface area contributed by atoms with E-state index >= 15 is 0 Å². The minimum absolute atomic E-state index is 0.0264. The highest BCUT2D eigenvalue weighted by Crippen LogP contribution is 2.22. The van der Waals surface area contributed by atoms with E-state index in [4.69, 9.17) is 0 Å². The topological polar surface area (TPSA) is 40.5 Å². The van der Waals surface area contributed by atoms with E-state index in [0.29, 0.717) is 19.5 Å². The van der Waals surface area contributed by atoms with Gasteiger partial charge in [0.05, 0.1) is 6.10 Å². The van der Waals surface area contributed by atoms with Crippen LogP contribution in [0.25, 0.3) is 6.08 Å². The van der Waals surface area contributed by atoms with Crippen molar-refractivity contribution in [3.05, 3.63) is 41.5 Å². The third-order valence-corrected chi connectivity index (χ3v) is 3.67. The number of hydrogen-bond acceptors (Lipinski definition) is 2. The second-order valence-electron chi connectivity index (χ2n) is 6.43. The van der Waals surface area contributed by atoms with Gasteiger partial charge in [-0.05, 0) is 29.0 Å². The summed E-state index contributed by atoms with van der Waals surface area (Å²) >= 11 is 0. The zero-order valence-electron chi connectivity index (χ0n) is 12.5. The van der Waals surface area contributed by atoms with E-state index in [0.717, 1.165) is 5.56 Å². The first-order valence-corrected chi connectivity index (χ1v) is 7.12. The Bertz CT molecular complexity index is 497. The van der Waals surface area contributed by atoms with Gasteiger partial charge in [-0.2, -0.15) is 0 Å². The molecule has 1 aliphatic rings. The molecule has 1 aliphatic heterocycles. The Morgan fingerprint density at radius 1 is 1.30 bits per heavy atom. The van der Waals surface area contributed by atoms with Crippen molar-refractivity contribution >= 4 is 12.0 Å². The van der Waals surface area contributed by atoms with Gasteiger partial charge < -0.3 is 10.0 Å². The fourth-order valence-corrected chi connectivity index (χ4v) is 2.31. The van der Waals surface area contributed by atoms with Crippen molar-refractivity contribution in [3.63, 3.8) is 0 Å². The fraction of sp³-hybridized carbons (Fsp3) is 0.471. The Morgan fingerprint density at radius 2 is 1.95 bits per heavy atom. The highest BCUT2D eigenvalue weighted by Gasteiger charge is 2.22. The number of carbonyl (C=O) groups is 1. The first kappa shape index (κ1) is 14.8. The quantitative estimate of drug-likeness (QED) is 0.841. The van der Waals surface area contributed by atoms with E-state index in [1.54, 1.807) is 11.0 Å². The Labute approximate surface area is 120 Å². The summed E-state index contributed by atoms with van der Waals surface area (Å²) in [5.41, 5.74) is 2.44. The lowest BCUT2D eigenvalue weighted by Gasteiger charge is -2.18. The Balaban J connectivity index is 1.99. The second kappa shape index (κ2) is 5.80. The number of β-amino-alcohol motifs (C(OH)–C–C–N with tert-alkyl or cyclic N) is 1. The number of carbonyl (C=O) groups excluding carboxylic acids is 1.